The molecule has 88 valence electrons. The second kappa shape index (κ2) is 8.72. The molecule has 1 aromatic carbocycles. The van der Waals surface area contributed by atoms with E-state index in [0.717, 1.165) is 24.1 Å². The largest absolute Gasteiger partial charge is 0.358 e. The Bertz CT molecular complexity index is 315. The van der Waals surface area contributed by atoms with Crippen LogP contribution in [0, 0.1) is 0 Å². The molecule has 0 amide bonds. The molecule has 0 radical (unpaired) electrons. The standard InChI is InChI=1S/C10H9NO.2C2H6/c12-6-5-9-7-8-3-1-2-4-10(8)11-9;2*1-2/h1-6,11H,7H2;2*1-2H3. The lowest BCUT2D eigenvalue weighted by Gasteiger charge is -1.95. The average molecular weight is 219 g/mol. The highest BCUT2D eigenvalue weighted by atomic mass is 16.1. The second-order valence-corrected chi connectivity index (χ2v) is 2.79. The van der Waals surface area contributed by atoms with Gasteiger partial charge in [-0.15, -0.1) is 0 Å². The maximum absolute atomic E-state index is 10.2. The Labute approximate surface area is 98.4 Å². The van der Waals surface area contributed by atoms with Crippen molar-refractivity contribution in [2.45, 2.75) is 34.1 Å². The molecule has 0 saturated heterocycles. The Morgan fingerprint density at radius 1 is 1.12 bits per heavy atom. The number of para-hydroxylation sites is 1. The molecular weight excluding hydrogens is 198 g/mol. The molecule has 1 aromatic rings. The van der Waals surface area contributed by atoms with Crippen LogP contribution in [0.15, 0.2) is 36.0 Å². The van der Waals surface area contributed by atoms with Gasteiger partial charge in [-0.05, 0) is 17.7 Å². The molecule has 1 aliphatic rings. The molecule has 0 aromatic heterocycles. The Kier molecular flexibility index (Phi) is 7.86. The molecule has 1 aliphatic heterocycles. The molecule has 0 spiro atoms. The third kappa shape index (κ3) is 3.89. The number of carbonyl (C=O) groups is 1. The highest BCUT2D eigenvalue weighted by Gasteiger charge is 2.12. The molecule has 0 aliphatic carbocycles. The Morgan fingerprint density at radius 2 is 1.75 bits per heavy atom. The molecule has 1 heterocycles. The van der Waals surface area contributed by atoms with Gasteiger partial charge in [0.1, 0.15) is 6.29 Å². The summed E-state index contributed by atoms with van der Waals surface area (Å²) >= 11 is 0. The molecule has 16 heavy (non-hydrogen) atoms. The normalized spacial score (nSPS) is 13.6. The third-order valence-electron chi connectivity index (χ3n) is 1.96. The number of carbonyl (C=O) groups excluding carboxylic acids is 1. The van der Waals surface area contributed by atoms with Crippen molar-refractivity contribution in [3.8, 4) is 0 Å². The van der Waals surface area contributed by atoms with E-state index >= 15 is 0 Å². The predicted octanol–water partition coefficient (Wildman–Crippen LogP) is 3.79. The van der Waals surface area contributed by atoms with Crippen LogP contribution in [0.1, 0.15) is 33.3 Å². The summed E-state index contributed by atoms with van der Waals surface area (Å²) in [5, 5.41) is 3.17. The van der Waals surface area contributed by atoms with Gasteiger partial charge in [-0.25, -0.2) is 0 Å². The van der Waals surface area contributed by atoms with Crippen LogP contribution in [-0.2, 0) is 11.2 Å². The topological polar surface area (TPSA) is 29.1 Å². The lowest BCUT2D eigenvalue weighted by molar-refractivity contribution is -0.104. The molecule has 2 rings (SSSR count). The molecule has 2 nitrogen and oxygen atoms in total. The fraction of sp³-hybridized carbons (Fsp3) is 0.357. The lowest BCUT2D eigenvalue weighted by Crippen LogP contribution is -1.90. The van der Waals surface area contributed by atoms with Gasteiger partial charge in [0.05, 0.1) is 0 Å². The number of allylic oxidation sites excluding steroid dienone is 2. The van der Waals surface area contributed by atoms with Gasteiger partial charge in [-0.3, -0.25) is 4.79 Å². The number of aldehydes is 1. The van der Waals surface area contributed by atoms with Crippen LogP contribution >= 0.6 is 0 Å². The van der Waals surface area contributed by atoms with Gasteiger partial charge in [0.2, 0.25) is 0 Å². The molecule has 0 unspecified atom stereocenters. The fourth-order valence-electron chi connectivity index (χ4n) is 1.40. The molecule has 0 bridgehead atoms. The van der Waals surface area contributed by atoms with Gasteiger partial charge in [-0.1, -0.05) is 45.9 Å². The SMILES string of the molecule is CC.CC.O=CC=C1Cc2ccccc2N1. The molecule has 2 heteroatoms. The minimum Gasteiger partial charge on any atom is -0.358 e. The van der Waals surface area contributed by atoms with Crippen molar-refractivity contribution in [2.24, 2.45) is 0 Å². The van der Waals surface area contributed by atoms with E-state index in [9.17, 15) is 4.79 Å². The van der Waals surface area contributed by atoms with Crippen molar-refractivity contribution < 1.29 is 4.79 Å². The van der Waals surface area contributed by atoms with Crippen molar-refractivity contribution in [1.29, 1.82) is 0 Å². The van der Waals surface area contributed by atoms with Crippen molar-refractivity contribution in [1.82, 2.24) is 0 Å². The van der Waals surface area contributed by atoms with Crippen molar-refractivity contribution in [3.63, 3.8) is 0 Å². The maximum atomic E-state index is 10.2. The van der Waals surface area contributed by atoms with Crippen molar-refractivity contribution in [3.05, 3.63) is 41.6 Å². The summed E-state index contributed by atoms with van der Waals surface area (Å²) in [4.78, 5) is 10.2. The minimum absolute atomic E-state index is 0.814. The van der Waals surface area contributed by atoms with E-state index in [4.69, 9.17) is 0 Å². The smallest absolute Gasteiger partial charge is 0.144 e. The number of fused-ring (bicyclic) bond motifs is 1. The van der Waals surface area contributed by atoms with Crippen LogP contribution in [0.25, 0.3) is 0 Å². The summed E-state index contributed by atoms with van der Waals surface area (Å²) in [7, 11) is 0. The third-order valence-corrected chi connectivity index (χ3v) is 1.96. The van der Waals surface area contributed by atoms with E-state index in [2.05, 4.69) is 11.4 Å². The number of benzene rings is 1. The van der Waals surface area contributed by atoms with E-state index in [0.29, 0.717) is 0 Å². The van der Waals surface area contributed by atoms with Crippen molar-refractivity contribution >= 4 is 12.0 Å². The Hall–Kier alpha value is -1.57. The summed E-state index contributed by atoms with van der Waals surface area (Å²) in [6.07, 6.45) is 3.23. The van der Waals surface area contributed by atoms with Crippen LogP contribution in [0.2, 0.25) is 0 Å². The van der Waals surface area contributed by atoms with E-state index in [1.165, 1.54) is 5.56 Å². The molecule has 0 saturated carbocycles. The van der Waals surface area contributed by atoms with Crippen LogP contribution in [-0.4, -0.2) is 6.29 Å². The van der Waals surface area contributed by atoms with Gasteiger partial charge in [0.15, 0.2) is 0 Å². The average Bonchev–Trinajstić information content (AvgIpc) is 2.77. The predicted molar refractivity (Wildman–Crippen MR) is 70.6 cm³/mol. The van der Waals surface area contributed by atoms with Gasteiger partial charge in [0, 0.05) is 17.8 Å². The van der Waals surface area contributed by atoms with E-state index in [1.807, 2.05) is 45.9 Å². The van der Waals surface area contributed by atoms with Crippen LogP contribution < -0.4 is 5.32 Å². The number of nitrogens with one attached hydrogen (secondary N) is 1. The Morgan fingerprint density at radius 3 is 2.31 bits per heavy atom. The molecule has 0 atom stereocenters. The highest BCUT2D eigenvalue weighted by molar-refractivity contribution is 5.71. The number of hydrogen-bond acceptors (Lipinski definition) is 2. The zero-order valence-corrected chi connectivity index (χ0v) is 10.6. The summed E-state index contributed by atoms with van der Waals surface area (Å²) in [6, 6.07) is 8.06. The van der Waals surface area contributed by atoms with E-state index in [1.54, 1.807) is 6.08 Å². The zero-order valence-electron chi connectivity index (χ0n) is 10.6. The first kappa shape index (κ1) is 14.4. The molecule has 1 N–H and O–H groups in total. The maximum Gasteiger partial charge on any atom is 0.144 e. The summed E-state index contributed by atoms with van der Waals surface area (Å²) in [5.41, 5.74) is 3.35. The zero-order chi connectivity index (χ0) is 12.4. The number of rotatable bonds is 1. The van der Waals surface area contributed by atoms with E-state index < -0.39 is 0 Å². The highest BCUT2D eigenvalue weighted by Crippen LogP contribution is 2.26. The Balaban J connectivity index is 0.000000509. The van der Waals surface area contributed by atoms with Gasteiger partial charge in [0.25, 0.3) is 0 Å². The van der Waals surface area contributed by atoms with Gasteiger partial charge in [-0.2, -0.15) is 0 Å². The first-order valence-electron chi connectivity index (χ1n) is 5.89. The van der Waals surface area contributed by atoms with Gasteiger partial charge < -0.3 is 5.32 Å². The molecular formula is C14H21NO. The minimum atomic E-state index is 0.814. The first-order valence-corrected chi connectivity index (χ1v) is 5.89. The summed E-state index contributed by atoms with van der Waals surface area (Å²) in [6.45, 7) is 8.00. The second-order valence-electron chi connectivity index (χ2n) is 2.79. The fourth-order valence-corrected chi connectivity index (χ4v) is 1.40. The van der Waals surface area contributed by atoms with E-state index in [-0.39, 0.29) is 0 Å². The number of hydrogen-bond donors (Lipinski definition) is 1. The van der Waals surface area contributed by atoms with Crippen molar-refractivity contribution in [2.75, 3.05) is 5.32 Å². The van der Waals surface area contributed by atoms with Gasteiger partial charge >= 0.3 is 0 Å². The summed E-state index contributed by atoms with van der Waals surface area (Å²) < 4.78 is 0. The first-order chi connectivity index (χ1) is 7.90. The lowest BCUT2D eigenvalue weighted by atomic mass is 10.1. The summed E-state index contributed by atoms with van der Waals surface area (Å²) in [5.74, 6) is 0. The van der Waals surface area contributed by atoms with Crippen LogP contribution in [0.3, 0.4) is 0 Å². The quantitative estimate of drug-likeness (QED) is 0.575. The van der Waals surface area contributed by atoms with Crippen LogP contribution in [0.4, 0.5) is 5.69 Å². The number of anilines is 1. The monoisotopic (exact) mass is 219 g/mol. The van der Waals surface area contributed by atoms with Crippen LogP contribution in [0.5, 0.6) is 0 Å². The molecule has 0 fully saturated rings.